The molecule has 2 unspecified atom stereocenters. The van der Waals surface area contributed by atoms with Crippen molar-refractivity contribution in [3.63, 3.8) is 0 Å². The summed E-state index contributed by atoms with van der Waals surface area (Å²) in [6.07, 6.45) is -17.6. The van der Waals surface area contributed by atoms with E-state index in [9.17, 15) is 53.4 Å². The Balaban J connectivity index is 6.77. The summed E-state index contributed by atoms with van der Waals surface area (Å²) in [5, 5.41) is 9.31. The van der Waals surface area contributed by atoms with E-state index in [1.165, 1.54) is 0 Å². The molecule has 0 aromatic carbocycles. The highest BCUT2D eigenvalue weighted by Gasteiger charge is 2.90. The summed E-state index contributed by atoms with van der Waals surface area (Å²) >= 11 is 0. The van der Waals surface area contributed by atoms with E-state index in [-0.39, 0.29) is 13.8 Å². The van der Waals surface area contributed by atoms with Gasteiger partial charge in [0, 0.05) is 5.41 Å². The van der Waals surface area contributed by atoms with Crippen LogP contribution in [0, 0.1) is 10.8 Å². The molecule has 0 fully saturated rings. The number of hydrogen-bond donors (Lipinski definition) is 1. The summed E-state index contributed by atoms with van der Waals surface area (Å²) in [5.41, 5.74) is -14.3. The second-order valence-electron chi connectivity index (χ2n) is 7.40. The first-order chi connectivity index (χ1) is 11.5. The van der Waals surface area contributed by atoms with E-state index in [2.05, 4.69) is 0 Å². The highest BCUT2D eigenvalue weighted by Crippen LogP contribution is 2.66. The van der Waals surface area contributed by atoms with Crippen molar-refractivity contribution in [3.8, 4) is 0 Å². The van der Waals surface area contributed by atoms with Gasteiger partial charge in [-0.1, -0.05) is 13.8 Å². The first kappa shape index (κ1) is 26.2. The lowest BCUT2D eigenvalue weighted by Crippen LogP contribution is -2.73. The fourth-order valence-corrected chi connectivity index (χ4v) is 3.05. The molecule has 0 aliphatic rings. The van der Waals surface area contributed by atoms with Gasteiger partial charge in [-0.25, -0.2) is 22.0 Å². The van der Waals surface area contributed by atoms with Gasteiger partial charge in [-0.05, 0) is 33.6 Å². The Morgan fingerprint density at radius 2 is 1.04 bits per heavy atom. The molecule has 0 aromatic heterocycles. The molecule has 0 rings (SSSR count). The summed E-state index contributed by atoms with van der Waals surface area (Å²) in [7, 11) is 0. The van der Waals surface area contributed by atoms with E-state index in [0.29, 0.717) is 6.92 Å². The fraction of sp³-hybridized carbons (Fsp3) is 1.00. The zero-order valence-corrected chi connectivity index (χ0v) is 15.1. The third-order valence-corrected chi connectivity index (χ3v) is 5.07. The molecule has 0 heterocycles. The topological polar surface area (TPSA) is 20.2 Å². The van der Waals surface area contributed by atoms with Gasteiger partial charge in [-0.15, -0.1) is 0 Å². The van der Waals surface area contributed by atoms with Crippen molar-refractivity contribution >= 4 is 0 Å². The van der Waals surface area contributed by atoms with Crippen LogP contribution in [0.4, 0.5) is 48.3 Å². The van der Waals surface area contributed by atoms with Gasteiger partial charge in [0.15, 0.2) is 0 Å². The molecule has 0 saturated carbocycles. The number of aliphatic hydroxyl groups excluding tert-OH is 1. The number of alkyl halides is 11. The molecule has 27 heavy (non-hydrogen) atoms. The molecule has 0 bridgehead atoms. The maximum absolute atomic E-state index is 14.9. The Morgan fingerprint density at radius 1 is 0.704 bits per heavy atom. The third kappa shape index (κ3) is 3.62. The standard InChI is InChI=1S/C15H21F11O/c1-6-10(5,7-8(2)27)12(17,18)9(3,4)13(19,20)11(16,14(21,22)23)15(24,25)26/h8,27H,6-7H2,1-5H3. The number of halogens is 11. The maximum Gasteiger partial charge on any atom is 0.437 e. The number of aliphatic hydroxyl groups is 1. The molecule has 0 spiro atoms. The number of rotatable bonds is 7. The zero-order valence-electron chi connectivity index (χ0n) is 15.1. The molecule has 0 amide bonds. The van der Waals surface area contributed by atoms with Crippen LogP contribution in [0.3, 0.4) is 0 Å². The van der Waals surface area contributed by atoms with Crippen LogP contribution in [-0.2, 0) is 0 Å². The van der Waals surface area contributed by atoms with E-state index in [0.717, 1.165) is 13.8 Å². The van der Waals surface area contributed by atoms with Crippen LogP contribution in [0.2, 0.25) is 0 Å². The summed E-state index contributed by atoms with van der Waals surface area (Å²) in [4.78, 5) is 0. The Hall–Kier alpha value is -0.810. The second-order valence-corrected chi connectivity index (χ2v) is 7.40. The fourth-order valence-electron chi connectivity index (χ4n) is 3.05. The van der Waals surface area contributed by atoms with Gasteiger partial charge in [0.05, 0.1) is 11.5 Å². The molecule has 2 atom stereocenters. The lowest BCUT2D eigenvalue weighted by atomic mass is 9.61. The van der Waals surface area contributed by atoms with Crippen molar-refractivity contribution in [2.75, 3.05) is 0 Å². The Kier molecular flexibility index (Phi) is 6.70. The molecule has 0 aromatic rings. The van der Waals surface area contributed by atoms with Crippen molar-refractivity contribution in [2.45, 2.75) is 83.4 Å². The SMILES string of the molecule is CCC(C)(CC(C)O)C(F)(F)C(C)(C)C(F)(F)C(F)(C(F)(F)F)C(F)(F)F. The van der Waals surface area contributed by atoms with Crippen molar-refractivity contribution in [1.29, 1.82) is 0 Å². The van der Waals surface area contributed by atoms with Crippen LogP contribution >= 0.6 is 0 Å². The van der Waals surface area contributed by atoms with E-state index in [4.69, 9.17) is 0 Å². The minimum atomic E-state index is -7.21. The Bertz CT molecular complexity index is 505. The van der Waals surface area contributed by atoms with E-state index < -0.39 is 59.6 Å². The van der Waals surface area contributed by atoms with E-state index in [1.807, 2.05) is 0 Å². The normalized spacial score (nSPS) is 19.0. The monoisotopic (exact) mass is 426 g/mol. The summed E-state index contributed by atoms with van der Waals surface area (Å²) in [5.74, 6) is -11.5. The first-order valence-electron chi connectivity index (χ1n) is 7.74. The summed E-state index contributed by atoms with van der Waals surface area (Å²) in [6, 6.07) is 0. The Labute approximate surface area is 148 Å². The van der Waals surface area contributed by atoms with Crippen LogP contribution in [0.25, 0.3) is 0 Å². The van der Waals surface area contributed by atoms with E-state index >= 15 is 0 Å². The highest BCUT2D eigenvalue weighted by molar-refractivity contribution is 5.16. The van der Waals surface area contributed by atoms with Crippen LogP contribution in [0.1, 0.15) is 47.5 Å². The summed E-state index contributed by atoms with van der Waals surface area (Å²) in [6.45, 7) is 2.13. The van der Waals surface area contributed by atoms with Crippen molar-refractivity contribution < 1.29 is 53.4 Å². The lowest BCUT2D eigenvalue weighted by molar-refractivity contribution is -0.430. The number of hydrogen-bond acceptors (Lipinski definition) is 1. The lowest BCUT2D eigenvalue weighted by Gasteiger charge is -2.52. The minimum absolute atomic E-state index is 0.255. The first-order valence-corrected chi connectivity index (χ1v) is 7.74. The van der Waals surface area contributed by atoms with Crippen LogP contribution in [-0.4, -0.2) is 41.1 Å². The predicted octanol–water partition coefficient (Wildman–Crippen LogP) is 6.30. The maximum atomic E-state index is 14.9. The minimum Gasteiger partial charge on any atom is -0.393 e. The van der Waals surface area contributed by atoms with Crippen LogP contribution < -0.4 is 0 Å². The molecule has 0 saturated heterocycles. The molecule has 0 aliphatic carbocycles. The van der Waals surface area contributed by atoms with Gasteiger partial charge in [-0.3, -0.25) is 0 Å². The van der Waals surface area contributed by atoms with E-state index in [1.54, 1.807) is 0 Å². The van der Waals surface area contributed by atoms with Gasteiger partial charge in [0.25, 0.3) is 5.92 Å². The van der Waals surface area contributed by atoms with Gasteiger partial charge in [0.2, 0.25) is 0 Å². The van der Waals surface area contributed by atoms with Crippen molar-refractivity contribution in [1.82, 2.24) is 0 Å². The molecule has 12 heteroatoms. The van der Waals surface area contributed by atoms with Gasteiger partial charge in [0.1, 0.15) is 0 Å². The van der Waals surface area contributed by atoms with Crippen molar-refractivity contribution in [2.24, 2.45) is 10.8 Å². The zero-order chi connectivity index (χ0) is 22.5. The van der Waals surface area contributed by atoms with Crippen LogP contribution in [0.5, 0.6) is 0 Å². The molecule has 164 valence electrons. The molecule has 0 radical (unpaired) electrons. The Morgan fingerprint density at radius 3 is 1.26 bits per heavy atom. The molecule has 0 aliphatic heterocycles. The molecule has 1 nitrogen and oxygen atoms in total. The quantitative estimate of drug-likeness (QED) is 0.474. The predicted molar refractivity (Wildman–Crippen MR) is 74.3 cm³/mol. The average Bonchev–Trinajstić information content (AvgIpc) is 2.42. The average molecular weight is 426 g/mol. The second kappa shape index (κ2) is 6.91. The van der Waals surface area contributed by atoms with Gasteiger partial charge < -0.3 is 5.11 Å². The molecule has 1 N–H and O–H groups in total. The van der Waals surface area contributed by atoms with Crippen LogP contribution in [0.15, 0.2) is 0 Å². The smallest absolute Gasteiger partial charge is 0.393 e. The summed E-state index contributed by atoms with van der Waals surface area (Å²) < 4.78 is 149. The van der Waals surface area contributed by atoms with Crippen molar-refractivity contribution in [3.05, 3.63) is 0 Å². The third-order valence-electron chi connectivity index (χ3n) is 5.07. The van der Waals surface area contributed by atoms with Gasteiger partial charge in [-0.2, -0.15) is 26.3 Å². The molecular weight excluding hydrogens is 405 g/mol. The highest BCUT2D eigenvalue weighted by atomic mass is 19.4. The largest absolute Gasteiger partial charge is 0.437 e. The van der Waals surface area contributed by atoms with Gasteiger partial charge >= 0.3 is 23.9 Å². The molecular formula is C15H21F11O.